The lowest BCUT2D eigenvalue weighted by molar-refractivity contribution is -0.142. The fraction of sp³-hybridized carbons (Fsp3) is 0.735. The summed E-state index contributed by atoms with van der Waals surface area (Å²) >= 11 is 0. The number of nitrogens with one attached hydrogen (secondary N) is 5. The summed E-state index contributed by atoms with van der Waals surface area (Å²) in [4.78, 5) is 100. The standard InChI is InChI=1S/C34H65N15O8/c1-20(45-27(52)21(37)9-6-16-42-33(38)39)32(57)49-18-8-13-25(49)31(56)48-24(12-7-17-43-34(40)41)30(55)47-23(11-3-5-15-36)29(54)46-22(10-2-4-14-35)28(53)44-19-26(50)51/h20-25H,2-19,35-37H2,1H3,(H,44,53)(H,45,52)(H,46,54)(H,47,55)(H,48,56)(H,50,51)(H4,38,39,42)(H4,40,41,43)/t20-,21-,22-,23-,24-,25-/m0/s1. The van der Waals surface area contributed by atoms with Gasteiger partial charge in [-0.3, -0.25) is 43.5 Å². The SMILES string of the molecule is C[C@H](NC(=O)[C@@H](N)CCCN=C(N)N)C(=O)N1CCC[C@H]1C(=O)N[C@@H](CCCN=C(N)N)C(=O)N[C@@H](CCCCN)C(=O)N[C@@H](CCCCN)C(=O)NCC(=O)O. The lowest BCUT2D eigenvalue weighted by Crippen LogP contribution is -2.59. The molecule has 0 aromatic rings. The molecular formula is C34H65N15O8. The smallest absolute Gasteiger partial charge is 0.322 e. The van der Waals surface area contributed by atoms with Crippen LogP contribution in [0.3, 0.4) is 0 Å². The zero-order chi connectivity index (χ0) is 42.9. The summed E-state index contributed by atoms with van der Waals surface area (Å²) in [6.45, 7) is 2.11. The van der Waals surface area contributed by atoms with E-state index in [1.165, 1.54) is 11.8 Å². The Morgan fingerprint density at radius 3 is 1.68 bits per heavy atom. The van der Waals surface area contributed by atoms with Crippen molar-refractivity contribution in [3.8, 4) is 0 Å². The molecule has 23 heteroatoms. The molecule has 1 heterocycles. The van der Waals surface area contributed by atoms with Crippen LogP contribution < -0.4 is 66.7 Å². The van der Waals surface area contributed by atoms with Gasteiger partial charge in [0, 0.05) is 19.6 Å². The average molecular weight is 812 g/mol. The summed E-state index contributed by atoms with van der Waals surface area (Å²) in [6.07, 6.45) is 3.98. The van der Waals surface area contributed by atoms with Gasteiger partial charge in [-0.15, -0.1) is 0 Å². The first-order chi connectivity index (χ1) is 27.0. The van der Waals surface area contributed by atoms with Gasteiger partial charge in [0.25, 0.3) is 0 Å². The minimum Gasteiger partial charge on any atom is -0.480 e. The minimum atomic E-state index is -1.27. The quantitative estimate of drug-likeness (QED) is 0.0200. The number of aliphatic imine (C=N–C) groups is 2. The summed E-state index contributed by atoms with van der Waals surface area (Å²) in [6, 6.07) is -6.41. The monoisotopic (exact) mass is 812 g/mol. The van der Waals surface area contributed by atoms with E-state index in [0.717, 1.165) is 0 Å². The number of hydrogen-bond donors (Lipinski definition) is 13. The van der Waals surface area contributed by atoms with Gasteiger partial charge in [-0.1, -0.05) is 0 Å². The van der Waals surface area contributed by atoms with Crippen LogP contribution in [-0.2, 0) is 33.6 Å². The number of rotatable bonds is 28. The van der Waals surface area contributed by atoms with Gasteiger partial charge >= 0.3 is 5.97 Å². The maximum Gasteiger partial charge on any atom is 0.322 e. The predicted octanol–water partition coefficient (Wildman–Crippen LogP) is -5.17. The molecule has 57 heavy (non-hydrogen) atoms. The number of nitrogens with two attached hydrogens (primary N) is 7. The lowest BCUT2D eigenvalue weighted by atomic mass is 10.0. The number of aliphatic carboxylic acids is 1. The Bertz CT molecular complexity index is 1390. The van der Waals surface area contributed by atoms with Crippen LogP contribution in [0.4, 0.5) is 0 Å². The third-order valence-corrected chi connectivity index (χ3v) is 9.02. The molecule has 6 amide bonds. The van der Waals surface area contributed by atoms with Crippen LogP contribution in [0.2, 0.25) is 0 Å². The Morgan fingerprint density at radius 1 is 0.684 bits per heavy atom. The Hall–Kier alpha value is -5.29. The number of carboxylic acids is 1. The van der Waals surface area contributed by atoms with Gasteiger partial charge in [-0.2, -0.15) is 0 Å². The molecule has 1 rings (SSSR count). The van der Waals surface area contributed by atoms with Gasteiger partial charge in [0.1, 0.15) is 36.8 Å². The molecule has 0 aliphatic carbocycles. The van der Waals surface area contributed by atoms with Crippen molar-refractivity contribution in [2.45, 2.75) is 120 Å². The third kappa shape index (κ3) is 19.9. The molecule has 0 saturated carbocycles. The first-order valence-corrected chi connectivity index (χ1v) is 19.3. The van der Waals surface area contributed by atoms with Crippen LogP contribution in [0, 0.1) is 0 Å². The zero-order valence-corrected chi connectivity index (χ0v) is 32.9. The number of carbonyl (C=O) groups excluding carboxylic acids is 6. The van der Waals surface area contributed by atoms with Crippen LogP contribution >= 0.6 is 0 Å². The number of carboxylic acid groups (broad SMARTS) is 1. The van der Waals surface area contributed by atoms with Crippen LogP contribution in [0.25, 0.3) is 0 Å². The van der Waals surface area contributed by atoms with Crippen molar-refractivity contribution < 1.29 is 38.7 Å². The van der Waals surface area contributed by atoms with Crippen molar-refractivity contribution in [1.29, 1.82) is 0 Å². The molecule has 1 fully saturated rings. The van der Waals surface area contributed by atoms with Crippen LogP contribution in [0.15, 0.2) is 9.98 Å². The Balaban J connectivity index is 3.18. The highest BCUT2D eigenvalue weighted by Gasteiger charge is 2.38. The summed E-state index contributed by atoms with van der Waals surface area (Å²) < 4.78 is 0. The normalized spacial score (nSPS) is 16.1. The van der Waals surface area contributed by atoms with Crippen molar-refractivity contribution >= 4 is 53.3 Å². The molecule has 20 N–H and O–H groups in total. The second-order valence-electron chi connectivity index (χ2n) is 13.8. The molecule has 0 radical (unpaired) electrons. The van der Waals surface area contributed by atoms with Gasteiger partial charge in [-0.05, 0) is 97.1 Å². The number of guanidine groups is 2. The van der Waals surface area contributed by atoms with E-state index in [1.54, 1.807) is 0 Å². The number of likely N-dealkylation sites (tertiary alicyclic amines) is 1. The fourth-order valence-corrected chi connectivity index (χ4v) is 5.98. The molecule has 0 spiro atoms. The van der Waals surface area contributed by atoms with Gasteiger partial charge in [0.05, 0.1) is 6.04 Å². The van der Waals surface area contributed by atoms with Crippen molar-refractivity contribution in [2.24, 2.45) is 50.1 Å². The topological polar surface area (TPSA) is 410 Å². The molecular weight excluding hydrogens is 746 g/mol. The molecule has 1 aliphatic heterocycles. The Morgan fingerprint density at radius 2 is 1.18 bits per heavy atom. The highest BCUT2D eigenvalue weighted by Crippen LogP contribution is 2.19. The van der Waals surface area contributed by atoms with Crippen molar-refractivity contribution in [1.82, 2.24) is 31.5 Å². The number of amides is 6. The highest BCUT2D eigenvalue weighted by molar-refractivity contribution is 5.97. The number of hydrogen-bond acceptors (Lipinski definition) is 12. The molecule has 1 aliphatic rings. The van der Waals surface area contributed by atoms with E-state index in [-0.39, 0.29) is 70.1 Å². The molecule has 1 saturated heterocycles. The summed E-state index contributed by atoms with van der Waals surface area (Å²) in [7, 11) is 0. The van der Waals surface area contributed by atoms with E-state index in [2.05, 4.69) is 36.6 Å². The number of nitrogens with zero attached hydrogens (tertiary/aromatic N) is 3. The number of unbranched alkanes of at least 4 members (excludes halogenated alkanes) is 2. The Kier molecular flexibility index (Phi) is 23.8. The summed E-state index contributed by atoms with van der Waals surface area (Å²) in [5.74, 6) is -5.37. The number of carbonyl (C=O) groups is 7. The van der Waals surface area contributed by atoms with Crippen LogP contribution in [0.1, 0.15) is 84.0 Å². The van der Waals surface area contributed by atoms with Crippen LogP contribution in [-0.4, -0.2) is 139 Å². The minimum absolute atomic E-state index is 0.0407. The molecule has 0 aromatic carbocycles. The maximum atomic E-state index is 13.9. The predicted molar refractivity (Wildman–Crippen MR) is 212 cm³/mol. The van der Waals surface area contributed by atoms with E-state index in [9.17, 15) is 33.6 Å². The second kappa shape index (κ2) is 27.3. The second-order valence-corrected chi connectivity index (χ2v) is 13.8. The lowest BCUT2D eigenvalue weighted by Gasteiger charge is -2.29. The van der Waals surface area contributed by atoms with E-state index in [4.69, 9.17) is 45.2 Å². The molecule has 6 atom stereocenters. The zero-order valence-electron chi connectivity index (χ0n) is 32.9. The molecule has 0 unspecified atom stereocenters. The van der Waals surface area contributed by atoms with E-state index in [0.29, 0.717) is 51.6 Å². The summed E-state index contributed by atoms with van der Waals surface area (Å²) in [5, 5.41) is 21.9. The fourth-order valence-electron chi connectivity index (χ4n) is 5.98. The first kappa shape index (κ1) is 49.7. The average Bonchev–Trinajstić information content (AvgIpc) is 3.65. The van der Waals surface area contributed by atoms with Crippen molar-refractivity contribution in [3.63, 3.8) is 0 Å². The van der Waals surface area contributed by atoms with Gasteiger partial charge in [0.15, 0.2) is 11.9 Å². The van der Waals surface area contributed by atoms with Gasteiger partial charge < -0.3 is 76.7 Å². The van der Waals surface area contributed by atoms with Crippen molar-refractivity contribution in [3.05, 3.63) is 0 Å². The first-order valence-electron chi connectivity index (χ1n) is 19.3. The molecule has 0 bridgehead atoms. The van der Waals surface area contributed by atoms with Gasteiger partial charge in [-0.25, -0.2) is 0 Å². The largest absolute Gasteiger partial charge is 0.480 e. The summed E-state index contributed by atoms with van der Waals surface area (Å²) in [5.41, 5.74) is 38.8. The van der Waals surface area contributed by atoms with E-state index >= 15 is 0 Å². The van der Waals surface area contributed by atoms with E-state index in [1.807, 2.05) is 0 Å². The maximum absolute atomic E-state index is 13.9. The van der Waals surface area contributed by atoms with E-state index < -0.39 is 84.2 Å². The van der Waals surface area contributed by atoms with Gasteiger partial charge in [0.2, 0.25) is 35.4 Å². The Labute approximate surface area is 332 Å². The molecule has 324 valence electrons. The highest BCUT2D eigenvalue weighted by atomic mass is 16.4. The third-order valence-electron chi connectivity index (χ3n) is 9.02. The van der Waals surface area contributed by atoms with Crippen LogP contribution in [0.5, 0.6) is 0 Å². The molecule has 23 nitrogen and oxygen atoms in total. The van der Waals surface area contributed by atoms with Crippen molar-refractivity contribution in [2.75, 3.05) is 39.3 Å². The molecule has 0 aromatic heterocycles.